The largest absolute Gasteiger partial charge is 0.320 e. The molecule has 0 bridgehead atoms. The number of halogens is 3. The third-order valence-corrected chi connectivity index (χ3v) is 4.94. The highest BCUT2D eigenvalue weighted by atomic mass is 35.5. The summed E-state index contributed by atoms with van der Waals surface area (Å²) in [6, 6.07) is 10.4. The van der Waals surface area contributed by atoms with Gasteiger partial charge in [0.05, 0.1) is 31.8 Å². The number of carbonyl (C=O) groups is 1. The molecule has 2 aromatic carbocycles. The van der Waals surface area contributed by atoms with Crippen molar-refractivity contribution >= 4 is 57.3 Å². The molecule has 1 N–H and O–H groups in total. The Hall–Kier alpha value is -1.81. The van der Waals surface area contributed by atoms with Crippen molar-refractivity contribution in [2.45, 2.75) is 19.8 Å². The van der Waals surface area contributed by atoms with Crippen molar-refractivity contribution in [2.75, 3.05) is 5.32 Å². The highest BCUT2D eigenvalue weighted by molar-refractivity contribution is 6.40. The summed E-state index contributed by atoms with van der Waals surface area (Å²) < 4.78 is 0. The Labute approximate surface area is 160 Å². The average Bonchev–Trinajstić information content (AvgIpc) is 2.58. The van der Waals surface area contributed by atoms with Crippen molar-refractivity contribution in [1.29, 1.82) is 0 Å². The Balaban J connectivity index is 2.02. The number of para-hydroxylation sites is 1. The van der Waals surface area contributed by atoms with Gasteiger partial charge in [0.25, 0.3) is 5.91 Å². The van der Waals surface area contributed by atoms with Crippen LogP contribution in [-0.2, 0) is 6.42 Å². The molecule has 1 aromatic heterocycles. The number of fused-ring (bicyclic) bond motifs is 1. The molecule has 3 aromatic rings. The summed E-state index contributed by atoms with van der Waals surface area (Å²) in [5, 5.41) is 4.89. The number of aromatic nitrogens is 1. The van der Waals surface area contributed by atoms with Crippen LogP contribution in [0.5, 0.6) is 0 Å². The number of amides is 1. The van der Waals surface area contributed by atoms with Gasteiger partial charge in [0, 0.05) is 11.6 Å². The van der Waals surface area contributed by atoms with Crippen LogP contribution in [0.1, 0.15) is 29.3 Å². The van der Waals surface area contributed by atoms with Crippen molar-refractivity contribution in [2.24, 2.45) is 0 Å². The molecule has 0 aliphatic rings. The minimum atomic E-state index is -0.390. The summed E-state index contributed by atoms with van der Waals surface area (Å²) >= 11 is 18.7. The molecule has 0 saturated carbocycles. The second kappa shape index (κ2) is 7.61. The molecule has 1 heterocycles. The lowest BCUT2D eigenvalue weighted by Gasteiger charge is -2.12. The number of hydrogen-bond donors (Lipinski definition) is 1. The maximum absolute atomic E-state index is 12.6. The fraction of sp³-hybridized carbons (Fsp3) is 0.158. The normalized spacial score (nSPS) is 10.9. The molecular weight excluding hydrogens is 379 g/mol. The predicted molar refractivity (Wildman–Crippen MR) is 105 cm³/mol. The van der Waals surface area contributed by atoms with Crippen LogP contribution in [0.4, 0.5) is 5.69 Å². The molecule has 25 heavy (non-hydrogen) atoms. The summed E-state index contributed by atoms with van der Waals surface area (Å²) in [5.41, 5.74) is 2.41. The van der Waals surface area contributed by atoms with Gasteiger partial charge in [-0.2, -0.15) is 0 Å². The van der Waals surface area contributed by atoms with Crippen LogP contribution in [0.25, 0.3) is 10.9 Å². The summed E-state index contributed by atoms with van der Waals surface area (Å²) in [7, 11) is 0. The van der Waals surface area contributed by atoms with Gasteiger partial charge in [-0.15, -0.1) is 0 Å². The number of benzene rings is 2. The number of anilines is 1. The highest BCUT2D eigenvalue weighted by Crippen LogP contribution is 2.32. The lowest BCUT2D eigenvalue weighted by atomic mass is 10.1. The molecule has 0 radical (unpaired) electrons. The standard InChI is InChI=1S/C19H15Cl3N2O/c1-2-5-11-10-23-18-12(17(11)22)6-3-9-15(18)24-19(25)16-13(20)7-4-8-14(16)21/h3-4,6-10H,2,5H2,1H3,(H,24,25). The lowest BCUT2D eigenvalue weighted by Crippen LogP contribution is -2.13. The highest BCUT2D eigenvalue weighted by Gasteiger charge is 2.17. The second-order valence-electron chi connectivity index (χ2n) is 5.60. The average molecular weight is 394 g/mol. The Morgan fingerprint density at radius 3 is 2.44 bits per heavy atom. The molecule has 0 aliphatic carbocycles. The van der Waals surface area contributed by atoms with Crippen molar-refractivity contribution in [3.63, 3.8) is 0 Å². The number of rotatable bonds is 4. The van der Waals surface area contributed by atoms with E-state index in [0.717, 1.165) is 23.8 Å². The van der Waals surface area contributed by atoms with Gasteiger partial charge in [0.1, 0.15) is 0 Å². The van der Waals surface area contributed by atoms with Gasteiger partial charge >= 0.3 is 0 Å². The zero-order chi connectivity index (χ0) is 18.0. The van der Waals surface area contributed by atoms with Crippen LogP contribution in [0.15, 0.2) is 42.6 Å². The maximum Gasteiger partial charge on any atom is 0.258 e. The molecular formula is C19H15Cl3N2O. The lowest BCUT2D eigenvalue weighted by molar-refractivity contribution is 0.102. The van der Waals surface area contributed by atoms with Crippen molar-refractivity contribution in [3.05, 3.63) is 68.8 Å². The summed E-state index contributed by atoms with van der Waals surface area (Å²) in [6.07, 6.45) is 3.59. The first-order valence-electron chi connectivity index (χ1n) is 7.84. The molecule has 3 nitrogen and oxygen atoms in total. The maximum atomic E-state index is 12.6. The van der Waals surface area contributed by atoms with E-state index in [-0.39, 0.29) is 5.56 Å². The fourth-order valence-electron chi connectivity index (χ4n) is 2.68. The summed E-state index contributed by atoms with van der Waals surface area (Å²) in [4.78, 5) is 17.1. The molecule has 1 amide bonds. The molecule has 0 unspecified atom stereocenters. The number of carbonyl (C=O) groups excluding carboxylic acids is 1. The second-order valence-corrected chi connectivity index (χ2v) is 6.79. The SMILES string of the molecule is CCCc1cnc2c(NC(=O)c3c(Cl)cccc3Cl)cccc2c1Cl. The number of nitrogens with zero attached hydrogens (tertiary/aromatic N) is 1. The monoisotopic (exact) mass is 392 g/mol. The first-order valence-corrected chi connectivity index (χ1v) is 8.97. The first kappa shape index (κ1) is 18.0. The van der Waals surface area contributed by atoms with E-state index in [1.807, 2.05) is 12.1 Å². The fourth-order valence-corrected chi connectivity index (χ4v) is 3.54. The van der Waals surface area contributed by atoms with E-state index in [4.69, 9.17) is 34.8 Å². The van der Waals surface area contributed by atoms with Gasteiger partial charge < -0.3 is 5.32 Å². The molecule has 0 aliphatic heterocycles. The van der Waals surface area contributed by atoms with Crippen molar-refractivity contribution in [3.8, 4) is 0 Å². The van der Waals surface area contributed by atoms with Crippen LogP contribution >= 0.6 is 34.8 Å². The van der Waals surface area contributed by atoms with Gasteiger partial charge in [-0.3, -0.25) is 9.78 Å². The molecule has 0 saturated heterocycles. The van der Waals surface area contributed by atoms with E-state index in [9.17, 15) is 4.79 Å². The van der Waals surface area contributed by atoms with Crippen molar-refractivity contribution in [1.82, 2.24) is 4.98 Å². The van der Waals surface area contributed by atoms with Gasteiger partial charge in [0.2, 0.25) is 0 Å². The third-order valence-electron chi connectivity index (χ3n) is 3.86. The molecule has 6 heteroatoms. The number of pyridine rings is 1. The van der Waals surface area contributed by atoms with Gasteiger partial charge in [-0.05, 0) is 30.2 Å². The molecule has 0 spiro atoms. The van der Waals surface area contributed by atoms with Crippen LogP contribution < -0.4 is 5.32 Å². The van der Waals surface area contributed by atoms with Crippen LogP contribution in [0.3, 0.4) is 0 Å². The van der Waals surface area contributed by atoms with E-state index >= 15 is 0 Å². The van der Waals surface area contributed by atoms with E-state index in [0.29, 0.717) is 26.3 Å². The van der Waals surface area contributed by atoms with E-state index in [1.165, 1.54) is 0 Å². The zero-order valence-corrected chi connectivity index (χ0v) is 15.7. The van der Waals surface area contributed by atoms with Gasteiger partial charge in [0.15, 0.2) is 0 Å². The smallest absolute Gasteiger partial charge is 0.258 e. The van der Waals surface area contributed by atoms with Crippen LogP contribution in [0, 0.1) is 0 Å². The Morgan fingerprint density at radius 2 is 1.76 bits per heavy atom. The first-order chi connectivity index (χ1) is 12.0. The predicted octanol–water partition coefficient (Wildman–Crippen LogP) is 6.40. The van der Waals surface area contributed by atoms with Gasteiger partial charge in [-0.1, -0.05) is 66.3 Å². The Kier molecular flexibility index (Phi) is 5.48. The molecule has 3 rings (SSSR count). The number of aryl methyl sites for hydroxylation is 1. The van der Waals surface area contributed by atoms with E-state index in [2.05, 4.69) is 17.2 Å². The Bertz CT molecular complexity index is 937. The van der Waals surface area contributed by atoms with Gasteiger partial charge in [-0.25, -0.2) is 0 Å². The quantitative estimate of drug-likeness (QED) is 0.557. The number of nitrogens with one attached hydrogen (secondary N) is 1. The Morgan fingerprint density at radius 1 is 1.08 bits per heavy atom. The summed E-state index contributed by atoms with van der Waals surface area (Å²) in [5.74, 6) is -0.390. The number of hydrogen-bond acceptors (Lipinski definition) is 2. The third kappa shape index (κ3) is 3.59. The summed E-state index contributed by atoms with van der Waals surface area (Å²) in [6.45, 7) is 2.09. The minimum Gasteiger partial charge on any atom is -0.320 e. The van der Waals surface area contributed by atoms with E-state index in [1.54, 1.807) is 30.5 Å². The van der Waals surface area contributed by atoms with Crippen LogP contribution in [-0.4, -0.2) is 10.9 Å². The minimum absolute atomic E-state index is 0.233. The topological polar surface area (TPSA) is 42.0 Å². The molecule has 0 fully saturated rings. The molecule has 128 valence electrons. The van der Waals surface area contributed by atoms with E-state index < -0.39 is 5.91 Å². The van der Waals surface area contributed by atoms with Crippen molar-refractivity contribution < 1.29 is 4.79 Å². The zero-order valence-electron chi connectivity index (χ0n) is 13.4. The molecule has 0 atom stereocenters. The van der Waals surface area contributed by atoms with Crippen LogP contribution in [0.2, 0.25) is 15.1 Å².